The molecule has 2 N–H and O–H groups in total. The Morgan fingerprint density at radius 3 is 2.15 bits per heavy atom. The molecule has 5 aromatic carbocycles. The van der Waals surface area contributed by atoms with Crippen LogP contribution in [-0.2, 0) is 16.4 Å². The fourth-order valence-electron chi connectivity index (χ4n) is 6.84. The van der Waals surface area contributed by atoms with Crippen LogP contribution in [0.25, 0.3) is 22.6 Å². The fraction of sp³-hybridized carbons (Fsp3) is 0.143. The number of carbonyl (C=O) groups excluding carboxylic acids is 1. The number of allylic oxidation sites excluding steroid dienone is 1. The minimum Gasteiger partial charge on any atom is -0.343 e. The van der Waals surface area contributed by atoms with Gasteiger partial charge in [-0.15, -0.1) is 0 Å². The maximum atomic E-state index is 14.9. The smallest absolute Gasteiger partial charge is 0.270 e. The van der Waals surface area contributed by atoms with Crippen LogP contribution < -0.4 is 10.0 Å². The summed E-state index contributed by atoms with van der Waals surface area (Å²) in [7, 11) is -4.03. The topological polar surface area (TPSA) is 131 Å². The van der Waals surface area contributed by atoms with Crippen LogP contribution in [0.15, 0.2) is 138 Å². The van der Waals surface area contributed by atoms with E-state index >= 15 is 0 Å². The highest BCUT2D eigenvalue weighted by atomic mass is 32.2. The summed E-state index contributed by atoms with van der Waals surface area (Å²) in [5.41, 5.74) is 6.45. The standard InChI is InChI=1S/C42H36N4O5S/c1-28-22-24-34(25-23-28)52(50,51)45-41(31-15-6-3-7-16-31)40(30-13-4-2-5-14-30)44-42(47)38-35-19-8-9-21-37(35)43-39-32(17-11-20-36(38)39)26-29-12-10-18-33(27-29)46(48)49/h2-10,12-16,18-19,21-27,40-41,45H,11,17,20H2,1H3,(H,44,47)/b32-26+/t40-,41-/m0/s1. The Labute approximate surface area is 302 Å². The predicted molar refractivity (Wildman–Crippen MR) is 203 cm³/mol. The van der Waals surface area contributed by atoms with Gasteiger partial charge in [0, 0.05) is 17.5 Å². The molecule has 1 heterocycles. The van der Waals surface area contributed by atoms with E-state index in [2.05, 4.69) is 10.0 Å². The first-order chi connectivity index (χ1) is 25.2. The number of hydrogen-bond donors (Lipinski definition) is 2. The molecular weight excluding hydrogens is 673 g/mol. The lowest BCUT2D eigenvalue weighted by molar-refractivity contribution is -0.384. The molecule has 0 radical (unpaired) electrons. The maximum absolute atomic E-state index is 14.9. The first-order valence-electron chi connectivity index (χ1n) is 17.0. The van der Waals surface area contributed by atoms with E-state index in [4.69, 9.17) is 4.98 Å². The van der Waals surface area contributed by atoms with Gasteiger partial charge in [-0.25, -0.2) is 18.1 Å². The number of hydrogen-bond acceptors (Lipinski definition) is 6. The van der Waals surface area contributed by atoms with Gasteiger partial charge in [0.2, 0.25) is 10.0 Å². The maximum Gasteiger partial charge on any atom is 0.270 e. The van der Waals surface area contributed by atoms with Crippen LogP contribution in [0.4, 0.5) is 5.69 Å². The number of carbonyl (C=O) groups is 1. The van der Waals surface area contributed by atoms with Crippen molar-refractivity contribution in [2.45, 2.75) is 43.2 Å². The van der Waals surface area contributed by atoms with Crippen molar-refractivity contribution in [1.82, 2.24) is 15.0 Å². The van der Waals surface area contributed by atoms with Crippen molar-refractivity contribution in [3.05, 3.63) is 183 Å². The summed E-state index contributed by atoms with van der Waals surface area (Å²) in [5, 5.41) is 15.4. The number of aromatic nitrogens is 1. The first kappa shape index (κ1) is 34.5. The Balaban J connectivity index is 1.35. The predicted octanol–water partition coefficient (Wildman–Crippen LogP) is 8.52. The van der Waals surface area contributed by atoms with Gasteiger partial charge < -0.3 is 5.32 Å². The summed E-state index contributed by atoms with van der Waals surface area (Å²) in [6.45, 7) is 1.89. The van der Waals surface area contributed by atoms with Gasteiger partial charge >= 0.3 is 0 Å². The minimum absolute atomic E-state index is 0.00477. The SMILES string of the molecule is Cc1ccc(S(=O)(=O)N[C@@H](c2ccccc2)[C@@H](NC(=O)c2c3c(nc4ccccc24)/C(=C/c2cccc([N+](=O)[O-])c2)CCC3)c2ccccc2)cc1. The molecule has 0 aliphatic heterocycles. The highest BCUT2D eigenvalue weighted by molar-refractivity contribution is 7.89. The van der Waals surface area contributed by atoms with Gasteiger partial charge in [0.15, 0.2) is 0 Å². The molecule has 0 spiro atoms. The lowest BCUT2D eigenvalue weighted by Crippen LogP contribution is -2.41. The molecule has 10 heteroatoms. The molecule has 1 aliphatic rings. The van der Waals surface area contributed by atoms with E-state index in [9.17, 15) is 23.3 Å². The highest BCUT2D eigenvalue weighted by Gasteiger charge is 2.33. The zero-order valence-electron chi connectivity index (χ0n) is 28.4. The molecule has 0 saturated heterocycles. The zero-order chi connectivity index (χ0) is 36.2. The molecule has 0 fully saturated rings. The number of nitrogens with zero attached hydrogens (tertiary/aromatic N) is 2. The number of nitrogens with one attached hydrogen (secondary N) is 2. The molecular formula is C42H36N4O5S. The van der Waals surface area contributed by atoms with E-state index in [0.717, 1.165) is 28.7 Å². The Morgan fingerprint density at radius 2 is 1.46 bits per heavy atom. The Morgan fingerprint density at radius 1 is 0.808 bits per heavy atom. The van der Waals surface area contributed by atoms with Crippen molar-refractivity contribution >= 4 is 44.2 Å². The van der Waals surface area contributed by atoms with E-state index in [1.807, 2.05) is 104 Å². The number of aryl methyl sites for hydroxylation is 1. The Kier molecular flexibility index (Phi) is 9.75. The zero-order valence-corrected chi connectivity index (χ0v) is 29.2. The minimum atomic E-state index is -4.03. The number of para-hydroxylation sites is 1. The van der Waals surface area contributed by atoms with Crippen LogP contribution >= 0.6 is 0 Å². The van der Waals surface area contributed by atoms with Crippen molar-refractivity contribution in [3.8, 4) is 0 Å². The molecule has 6 aromatic rings. The number of benzene rings is 5. The number of pyridine rings is 1. The van der Waals surface area contributed by atoms with Crippen LogP contribution in [-0.4, -0.2) is 24.2 Å². The second-order valence-electron chi connectivity index (χ2n) is 12.9. The van der Waals surface area contributed by atoms with Gasteiger partial charge in [-0.1, -0.05) is 109 Å². The second-order valence-corrected chi connectivity index (χ2v) is 14.6. The van der Waals surface area contributed by atoms with E-state index in [0.29, 0.717) is 46.1 Å². The van der Waals surface area contributed by atoms with E-state index in [-0.39, 0.29) is 16.5 Å². The molecule has 2 atom stereocenters. The third-order valence-corrected chi connectivity index (χ3v) is 10.8. The van der Waals surface area contributed by atoms with Crippen molar-refractivity contribution in [2.75, 3.05) is 0 Å². The molecule has 1 aliphatic carbocycles. The van der Waals surface area contributed by atoms with Crippen LogP contribution in [0, 0.1) is 17.0 Å². The van der Waals surface area contributed by atoms with Gasteiger partial charge in [-0.2, -0.15) is 0 Å². The Bertz CT molecular complexity index is 2420. The molecule has 7 rings (SSSR count). The summed E-state index contributed by atoms with van der Waals surface area (Å²) in [6, 6.07) is 37.5. The van der Waals surface area contributed by atoms with Crippen molar-refractivity contribution in [2.24, 2.45) is 0 Å². The largest absolute Gasteiger partial charge is 0.343 e. The molecule has 260 valence electrons. The van der Waals surface area contributed by atoms with Gasteiger partial charge in [0.25, 0.3) is 11.6 Å². The number of non-ortho nitro benzene ring substituents is 1. The summed E-state index contributed by atoms with van der Waals surface area (Å²) in [4.78, 5) is 31.1. The van der Waals surface area contributed by atoms with Crippen LogP contribution in [0.3, 0.4) is 0 Å². The first-order valence-corrected chi connectivity index (χ1v) is 18.5. The van der Waals surface area contributed by atoms with Crippen LogP contribution in [0.5, 0.6) is 0 Å². The van der Waals surface area contributed by atoms with Crippen molar-refractivity contribution in [1.29, 1.82) is 0 Å². The number of rotatable bonds is 10. The molecule has 0 saturated carbocycles. The monoisotopic (exact) mass is 708 g/mol. The molecule has 1 aromatic heterocycles. The van der Waals surface area contributed by atoms with E-state index in [1.165, 1.54) is 12.1 Å². The van der Waals surface area contributed by atoms with Gasteiger partial charge in [0.1, 0.15) is 0 Å². The number of nitro benzene ring substituents is 1. The second kappa shape index (κ2) is 14.7. The molecule has 52 heavy (non-hydrogen) atoms. The van der Waals surface area contributed by atoms with E-state index in [1.54, 1.807) is 30.3 Å². The molecule has 9 nitrogen and oxygen atoms in total. The Hall–Kier alpha value is -5.97. The summed E-state index contributed by atoms with van der Waals surface area (Å²) in [5.74, 6) is -0.365. The summed E-state index contributed by atoms with van der Waals surface area (Å²) in [6.07, 6.45) is 3.94. The normalized spacial score (nSPS) is 14.8. The third-order valence-electron chi connectivity index (χ3n) is 9.37. The fourth-order valence-corrected chi connectivity index (χ4v) is 8.08. The van der Waals surface area contributed by atoms with Gasteiger partial charge in [-0.05, 0) is 78.3 Å². The number of fused-ring (bicyclic) bond motifs is 2. The van der Waals surface area contributed by atoms with E-state index < -0.39 is 27.0 Å². The molecule has 0 bridgehead atoms. The highest BCUT2D eigenvalue weighted by Crippen LogP contribution is 2.38. The van der Waals surface area contributed by atoms with Crippen LogP contribution in [0.2, 0.25) is 0 Å². The number of nitro groups is 1. The lowest BCUT2D eigenvalue weighted by atomic mass is 9.85. The average Bonchev–Trinajstić information content (AvgIpc) is 3.16. The third kappa shape index (κ3) is 7.25. The number of amides is 1. The molecule has 1 amide bonds. The van der Waals surface area contributed by atoms with Crippen molar-refractivity contribution < 1.29 is 18.1 Å². The average molecular weight is 709 g/mol. The summed E-state index contributed by atoms with van der Waals surface area (Å²) < 4.78 is 30.8. The molecule has 0 unspecified atom stereocenters. The quantitative estimate of drug-likeness (QED) is 0.108. The van der Waals surface area contributed by atoms with Gasteiger partial charge in [0.05, 0.1) is 38.7 Å². The van der Waals surface area contributed by atoms with Crippen molar-refractivity contribution in [3.63, 3.8) is 0 Å². The van der Waals surface area contributed by atoms with Gasteiger partial charge in [-0.3, -0.25) is 14.9 Å². The van der Waals surface area contributed by atoms with Crippen LogP contribution in [0.1, 0.15) is 68.8 Å². The number of sulfonamides is 1. The summed E-state index contributed by atoms with van der Waals surface area (Å²) >= 11 is 0. The lowest BCUT2D eigenvalue weighted by Gasteiger charge is -2.31.